The fourth-order valence-corrected chi connectivity index (χ4v) is 5.34. The molecule has 48 heavy (non-hydrogen) atoms. The Morgan fingerprint density at radius 3 is 1.65 bits per heavy atom. The Kier molecular flexibility index (Phi) is 34.5. The summed E-state index contributed by atoms with van der Waals surface area (Å²) in [6.07, 6.45) is 40.8. The summed E-state index contributed by atoms with van der Waals surface area (Å²) in [6.45, 7) is 6.28. The van der Waals surface area contributed by atoms with Gasteiger partial charge in [0.1, 0.15) is 6.61 Å². The molecule has 0 heterocycles. The second-order valence-electron chi connectivity index (χ2n) is 13.7. The smallest absolute Gasteiger partial charge is 0.306 e. The Balaban J connectivity index is 3.69. The fourth-order valence-electron chi connectivity index (χ4n) is 5.34. The number of aliphatic hydroxyl groups is 2. The van der Waals surface area contributed by atoms with E-state index < -0.39 is 6.10 Å². The number of allylic oxidation sites excluding steroid dienone is 7. The second-order valence-corrected chi connectivity index (χ2v) is 13.7. The van der Waals surface area contributed by atoms with E-state index in [0.29, 0.717) is 12.8 Å². The number of hydrogen-bond donors (Lipinski definition) is 2. The summed E-state index contributed by atoms with van der Waals surface area (Å²) < 4.78 is 10.5. The van der Waals surface area contributed by atoms with Crippen molar-refractivity contribution in [1.29, 1.82) is 0 Å². The van der Waals surface area contributed by atoms with Crippen molar-refractivity contribution >= 4 is 11.9 Å². The Labute approximate surface area is 295 Å². The Bertz CT molecular complexity index is 843. The van der Waals surface area contributed by atoms with Gasteiger partial charge in [-0.25, -0.2) is 0 Å². The molecule has 2 N–H and O–H groups in total. The first-order chi connectivity index (χ1) is 23.4. The summed E-state index contributed by atoms with van der Waals surface area (Å²) in [5, 5.41) is 19.3. The molecule has 6 nitrogen and oxygen atoms in total. The molecular weight excluding hydrogens is 600 g/mol. The summed E-state index contributed by atoms with van der Waals surface area (Å²) in [5.74, 6) is 0.161. The van der Waals surface area contributed by atoms with Gasteiger partial charge in [0.25, 0.3) is 0 Å². The molecule has 0 aromatic carbocycles. The van der Waals surface area contributed by atoms with E-state index in [-0.39, 0.29) is 37.7 Å². The molecule has 0 aliphatic rings. The highest BCUT2D eigenvalue weighted by Crippen LogP contribution is 2.15. The van der Waals surface area contributed by atoms with Crippen molar-refractivity contribution in [3.8, 4) is 0 Å². The van der Waals surface area contributed by atoms with Gasteiger partial charge in [0, 0.05) is 12.8 Å². The van der Waals surface area contributed by atoms with E-state index in [1.54, 1.807) is 0 Å². The van der Waals surface area contributed by atoms with Crippen LogP contribution in [-0.4, -0.2) is 47.6 Å². The molecule has 0 spiro atoms. The molecule has 0 aromatic rings. The molecule has 0 radical (unpaired) electrons. The minimum atomic E-state index is -0.811. The lowest BCUT2D eigenvalue weighted by atomic mass is 10.0. The highest BCUT2D eigenvalue weighted by atomic mass is 16.6. The molecule has 0 aliphatic heterocycles. The molecule has 2 atom stereocenters. The minimum absolute atomic E-state index is 0.0979. The zero-order valence-electron chi connectivity index (χ0n) is 31.3. The maximum Gasteiger partial charge on any atom is 0.306 e. The summed E-state index contributed by atoms with van der Waals surface area (Å²) in [4.78, 5) is 24.2. The zero-order valence-corrected chi connectivity index (χ0v) is 31.3. The monoisotopic (exact) mass is 675 g/mol. The van der Waals surface area contributed by atoms with Crippen LogP contribution in [0.4, 0.5) is 0 Å². The van der Waals surface area contributed by atoms with E-state index >= 15 is 0 Å². The van der Waals surface area contributed by atoms with Crippen molar-refractivity contribution in [3.05, 3.63) is 48.6 Å². The molecule has 0 rings (SSSR count). The first-order valence-electron chi connectivity index (χ1n) is 19.6. The van der Waals surface area contributed by atoms with Crippen LogP contribution in [0, 0.1) is 5.92 Å². The van der Waals surface area contributed by atoms with Crippen molar-refractivity contribution in [2.24, 2.45) is 5.92 Å². The largest absolute Gasteiger partial charge is 0.462 e. The zero-order chi connectivity index (χ0) is 35.3. The predicted molar refractivity (Wildman–Crippen MR) is 202 cm³/mol. The Morgan fingerprint density at radius 1 is 0.604 bits per heavy atom. The fraction of sp³-hybridized carbons (Fsp3) is 0.762. The summed E-state index contributed by atoms with van der Waals surface area (Å²) in [7, 11) is 0. The topological polar surface area (TPSA) is 93.1 Å². The third-order valence-corrected chi connectivity index (χ3v) is 8.37. The molecular formula is C42H74O6. The molecule has 0 amide bonds. The molecule has 0 aliphatic carbocycles. The van der Waals surface area contributed by atoms with Gasteiger partial charge in [0.2, 0.25) is 0 Å². The molecule has 6 heteroatoms. The average molecular weight is 675 g/mol. The van der Waals surface area contributed by atoms with E-state index in [9.17, 15) is 19.8 Å². The number of esters is 2. The van der Waals surface area contributed by atoms with Crippen molar-refractivity contribution in [1.82, 2.24) is 0 Å². The minimum Gasteiger partial charge on any atom is -0.462 e. The van der Waals surface area contributed by atoms with Gasteiger partial charge in [0.05, 0.1) is 12.7 Å². The van der Waals surface area contributed by atoms with Crippen LogP contribution in [0.5, 0.6) is 0 Å². The maximum atomic E-state index is 12.1. The molecule has 278 valence electrons. The number of carbonyl (C=O) groups excluding carboxylic acids is 2. The summed E-state index contributed by atoms with van der Waals surface area (Å²) >= 11 is 0. The van der Waals surface area contributed by atoms with Gasteiger partial charge in [-0.1, -0.05) is 166 Å². The van der Waals surface area contributed by atoms with Crippen LogP contribution in [0.3, 0.4) is 0 Å². The summed E-state index contributed by atoms with van der Waals surface area (Å²) in [6, 6.07) is 0. The van der Waals surface area contributed by atoms with Gasteiger partial charge in [-0.05, 0) is 50.9 Å². The van der Waals surface area contributed by atoms with E-state index in [1.807, 2.05) is 12.2 Å². The Morgan fingerprint density at radius 2 is 1.10 bits per heavy atom. The highest BCUT2D eigenvalue weighted by Gasteiger charge is 2.16. The van der Waals surface area contributed by atoms with Crippen molar-refractivity contribution in [3.63, 3.8) is 0 Å². The first-order valence-corrected chi connectivity index (χ1v) is 19.6. The first kappa shape index (κ1) is 45.8. The second kappa shape index (κ2) is 36.1. The van der Waals surface area contributed by atoms with Crippen LogP contribution >= 0.6 is 0 Å². The number of rotatable bonds is 34. The molecule has 0 unspecified atom stereocenters. The van der Waals surface area contributed by atoms with Crippen molar-refractivity contribution < 1.29 is 29.3 Å². The molecule has 0 bridgehead atoms. The lowest BCUT2D eigenvalue weighted by molar-refractivity contribution is -0.161. The third kappa shape index (κ3) is 35.1. The lowest BCUT2D eigenvalue weighted by Crippen LogP contribution is -2.28. The summed E-state index contributed by atoms with van der Waals surface area (Å²) in [5.41, 5.74) is 0. The van der Waals surface area contributed by atoms with Crippen LogP contribution in [0.2, 0.25) is 0 Å². The number of aliphatic hydroxyl groups excluding tert-OH is 2. The van der Waals surface area contributed by atoms with Gasteiger partial charge in [-0.3, -0.25) is 9.59 Å². The van der Waals surface area contributed by atoms with Gasteiger partial charge in [0.15, 0.2) is 6.10 Å². The van der Waals surface area contributed by atoms with E-state index in [4.69, 9.17) is 9.47 Å². The maximum absolute atomic E-state index is 12.1. The number of hydrogen-bond acceptors (Lipinski definition) is 6. The lowest BCUT2D eigenvalue weighted by Gasteiger charge is -2.15. The van der Waals surface area contributed by atoms with Crippen LogP contribution < -0.4 is 0 Å². The van der Waals surface area contributed by atoms with Crippen LogP contribution in [-0.2, 0) is 19.1 Å². The van der Waals surface area contributed by atoms with Crippen LogP contribution in [0.1, 0.15) is 175 Å². The molecule has 0 saturated heterocycles. The quantitative estimate of drug-likeness (QED) is 0.0401. The van der Waals surface area contributed by atoms with Gasteiger partial charge in [-0.2, -0.15) is 0 Å². The van der Waals surface area contributed by atoms with E-state index in [2.05, 4.69) is 57.2 Å². The van der Waals surface area contributed by atoms with Crippen LogP contribution in [0.25, 0.3) is 0 Å². The molecule has 0 saturated carbocycles. The standard InChI is InChI=1S/C42H74O6/c1-4-5-32-39(44)33-28-24-20-16-12-9-10-14-18-22-26-30-35-42(46)48-40(36-43)37-47-41(45)34-29-25-21-17-13-8-6-7-11-15-19-23-27-31-38(2)3/h9-10,16,18,20,22,28,33,38-40,43-44H,4-8,11-15,17,19,21,23-27,29-32,34-37H2,1-3H3/b10-9-,20-16-,22-18-,33-28-/t39-,40+/m1/s1. The van der Waals surface area contributed by atoms with Crippen molar-refractivity contribution in [2.75, 3.05) is 13.2 Å². The van der Waals surface area contributed by atoms with E-state index in [0.717, 1.165) is 70.1 Å². The van der Waals surface area contributed by atoms with Gasteiger partial charge in [-0.15, -0.1) is 0 Å². The van der Waals surface area contributed by atoms with Crippen LogP contribution in [0.15, 0.2) is 48.6 Å². The third-order valence-electron chi connectivity index (χ3n) is 8.37. The highest BCUT2D eigenvalue weighted by molar-refractivity contribution is 5.70. The van der Waals surface area contributed by atoms with Gasteiger partial charge >= 0.3 is 11.9 Å². The Hall–Kier alpha value is -2.18. The number of carbonyl (C=O) groups is 2. The SMILES string of the molecule is CCCC[C@@H](O)/C=C\C/C=C\C/C=C\C/C=C\CCCC(=O)O[C@@H](CO)COC(=O)CCCCCCCCCCCCCCCC(C)C. The van der Waals surface area contributed by atoms with E-state index in [1.165, 1.54) is 70.6 Å². The predicted octanol–water partition coefficient (Wildman–Crippen LogP) is 11.1. The molecule has 0 aromatic heterocycles. The van der Waals surface area contributed by atoms with Gasteiger partial charge < -0.3 is 19.7 Å². The normalized spacial score (nSPS) is 13.5. The number of unbranched alkanes of at least 4 members (excludes halogenated alkanes) is 14. The van der Waals surface area contributed by atoms with Crippen molar-refractivity contribution in [2.45, 2.75) is 187 Å². The molecule has 0 fully saturated rings. The average Bonchev–Trinajstić information content (AvgIpc) is 3.07. The number of ether oxygens (including phenoxy) is 2.